The Balaban J connectivity index is 1.63. The van der Waals surface area contributed by atoms with Gasteiger partial charge >= 0.3 is 0 Å². The number of hydrogen-bond donors (Lipinski definition) is 2. The fraction of sp³-hybridized carbons (Fsp3) is 0.233. The molecule has 0 radical (unpaired) electrons. The van der Waals surface area contributed by atoms with Crippen molar-refractivity contribution in [2.45, 2.75) is 18.9 Å². The Hall–Kier alpha value is -4.21. The molecule has 4 aromatic rings. The van der Waals surface area contributed by atoms with E-state index in [9.17, 15) is 9.18 Å². The van der Waals surface area contributed by atoms with Gasteiger partial charge in [-0.15, -0.1) is 0 Å². The molecule has 1 saturated heterocycles. The zero-order valence-corrected chi connectivity index (χ0v) is 23.1. The lowest BCUT2D eigenvalue weighted by atomic mass is 9.97. The Morgan fingerprint density at radius 3 is 2.65 bits per heavy atom. The first-order valence-electron chi connectivity index (χ1n) is 12.8. The van der Waals surface area contributed by atoms with Gasteiger partial charge in [0.05, 0.1) is 30.1 Å². The highest BCUT2D eigenvalue weighted by Gasteiger charge is 2.20. The minimum absolute atomic E-state index is 0.0175. The third-order valence-electron chi connectivity index (χ3n) is 6.96. The number of nitrogens with one attached hydrogen (secondary N) is 2. The number of aromatic nitrogens is 2. The van der Waals surface area contributed by atoms with Crippen molar-refractivity contribution >= 4 is 45.6 Å². The van der Waals surface area contributed by atoms with E-state index in [0.29, 0.717) is 45.2 Å². The summed E-state index contributed by atoms with van der Waals surface area (Å²) in [7, 11) is 5.19. The fourth-order valence-corrected chi connectivity index (χ4v) is 5.09. The lowest BCUT2D eigenvalue weighted by molar-refractivity contribution is -0.111. The molecule has 2 N–H and O–H groups in total. The molecule has 1 aliphatic heterocycles. The van der Waals surface area contributed by atoms with E-state index in [0.717, 1.165) is 24.9 Å². The molecule has 1 fully saturated rings. The van der Waals surface area contributed by atoms with E-state index < -0.39 is 5.82 Å². The second-order valence-corrected chi connectivity index (χ2v) is 9.87. The van der Waals surface area contributed by atoms with Crippen molar-refractivity contribution in [3.63, 3.8) is 0 Å². The number of fused-ring (bicyclic) bond motifs is 1. The first-order valence-corrected chi connectivity index (χ1v) is 13.2. The van der Waals surface area contributed by atoms with Crippen LogP contribution in [-0.4, -0.2) is 54.6 Å². The van der Waals surface area contributed by atoms with Crippen LogP contribution in [0.15, 0.2) is 67.0 Å². The van der Waals surface area contributed by atoms with Crippen LogP contribution in [0.2, 0.25) is 5.02 Å². The van der Waals surface area contributed by atoms with Crippen molar-refractivity contribution < 1.29 is 18.7 Å². The number of halogens is 2. The van der Waals surface area contributed by atoms with E-state index in [2.05, 4.69) is 32.5 Å². The molecule has 1 aromatic heterocycles. The maximum absolute atomic E-state index is 13.8. The Bertz CT molecular complexity index is 1600. The van der Waals surface area contributed by atoms with E-state index in [1.165, 1.54) is 18.5 Å². The Morgan fingerprint density at radius 1 is 1.10 bits per heavy atom. The van der Waals surface area contributed by atoms with Crippen LogP contribution in [-0.2, 0) is 4.79 Å². The topological polar surface area (TPSA) is 88.6 Å². The highest BCUT2D eigenvalue weighted by atomic mass is 35.5. The molecule has 0 unspecified atom stereocenters. The predicted molar refractivity (Wildman–Crippen MR) is 156 cm³/mol. The number of amides is 1. The maximum atomic E-state index is 13.8. The van der Waals surface area contributed by atoms with Crippen LogP contribution >= 0.6 is 11.6 Å². The summed E-state index contributed by atoms with van der Waals surface area (Å²) in [5.41, 5.74) is 3.16. The molecular weight excluding hydrogens is 533 g/mol. The molecular formula is C30H29ClFN5O3. The summed E-state index contributed by atoms with van der Waals surface area (Å²) in [5.74, 6) is 0.772. The van der Waals surface area contributed by atoms with Gasteiger partial charge in [0, 0.05) is 29.1 Å². The number of hydrogen-bond acceptors (Lipinski definition) is 7. The Kier molecular flexibility index (Phi) is 8.14. The number of methoxy groups -OCH3 is 2. The number of carbonyl (C=O) groups excluding carboxylic acids is 1. The zero-order valence-electron chi connectivity index (χ0n) is 22.4. The minimum Gasteiger partial charge on any atom is -0.493 e. The van der Waals surface area contributed by atoms with Gasteiger partial charge in [0.2, 0.25) is 5.91 Å². The van der Waals surface area contributed by atoms with E-state index in [1.807, 2.05) is 30.3 Å². The Labute approximate surface area is 236 Å². The van der Waals surface area contributed by atoms with Crippen molar-refractivity contribution in [3.8, 4) is 22.6 Å². The third-order valence-corrected chi connectivity index (χ3v) is 7.25. The van der Waals surface area contributed by atoms with Crippen LogP contribution in [0.4, 0.5) is 21.6 Å². The van der Waals surface area contributed by atoms with Crippen LogP contribution in [0, 0.1) is 5.82 Å². The molecule has 3 aromatic carbocycles. The van der Waals surface area contributed by atoms with Gasteiger partial charge in [-0.05, 0) is 74.5 Å². The second kappa shape index (κ2) is 11.9. The van der Waals surface area contributed by atoms with Crippen molar-refractivity contribution in [3.05, 3.63) is 77.9 Å². The maximum Gasteiger partial charge on any atom is 0.248 e. The molecule has 0 saturated carbocycles. The molecule has 1 atom stereocenters. The largest absolute Gasteiger partial charge is 0.493 e. The number of anilines is 3. The Morgan fingerprint density at radius 2 is 1.93 bits per heavy atom. The van der Waals surface area contributed by atoms with Gasteiger partial charge in [-0.1, -0.05) is 23.7 Å². The third kappa shape index (κ3) is 5.71. The number of nitrogens with zero attached hydrogens (tertiary/aromatic N) is 3. The molecule has 5 rings (SSSR count). The molecule has 2 heterocycles. The first-order chi connectivity index (χ1) is 19.4. The average Bonchev–Trinajstić information content (AvgIpc) is 3.38. The smallest absolute Gasteiger partial charge is 0.248 e. The molecule has 0 bridgehead atoms. The molecule has 0 spiro atoms. The standard InChI is InChI=1S/C30H29ClFN5O3/c1-37-14-4-5-20(37)8-13-27(38)36-24-11-10-23-29(28(24)18-6-12-25(39-2)26(15-18)40-3)30(34-17-33-23)35-19-7-9-22(32)21(31)16-19/h6-13,15-17,20H,4-5,14H2,1-3H3,(H,36,38)(H,33,34,35)/b13-8+/t20-/m1/s1. The van der Waals surface area contributed by atoms with E-state index in [4.69, 9.17) is 21.1 Å². The average molecular weight is 562 g/mol. The van der Waals surface area contributed by atoms with Crippen molar-refractivity contribution in [2.75, 3.05) is 38.4 Å². The molecule has 40 heavy (non-hydrogen) atoms. The normalized spacial score (nSPS) is 15.5. The van der Waals surface area contributed by atoms with Crippen molar-refractivity contribution in [1.82, 2.24) is 14.9 Å². The molecule has 1 aliphatic rings. The van der Waals surface area contributed by atoms with Gasteiger partial charge in [0.15, 0.2) is 11.5 Å². The summed E-state index contributed by atoms with van der Waals surface area (Å²) in [4.78, 5) is 24.3. The summed E-state index contributed by atoms with van der Waals surface area (Å²) in [6.07, 6.45) is 7.08. The lowest BCUT2D eigenvalue weighted by Gasteiger charge is -2.18. The monoisotopic (exact) mass is 561 g/mol. The first kappa shape index (κ1) is 27.4. The number of benzene rings is 3. The van der Waals surface area contributed by atoms with Crippen LogP contribution in [0.1, 0.15) is 12.8 Å². The lowest BCUT2D eigenvalue weighted by Crippen LogP contribution is -2.23. The van der Waals surface area contributed by atoms with Gasteiger partial charge < -0.3 is 20.1 Å². The van der Waals surface area contributed by atoms with Crippen molar-refractivity contribution in [2.24, 2.45) is 0 Å². The van der Waals surface area contributed by atoms with E-state index in [-0.39, 0.29) is 17.0 Å². The van der Waals surface area contributed by atoms with Crippen molar-refractivity contribution in [1.29, 1.82) is 0 Å². The van der Waals surface area contributed by atoms with Gasteiger partial charge in [-0.25, -0.2) is 14.4 Å². The van der Waals surface area contributed by atoms with Crippen LogP contribution in [0.5, 0.6) is 11.5 Å². The SMILES string of the molecule is COc1ccc(-c2c(NC(=O)/C=C/[C@H]3CCCN3C)ccc3ncnc(Nc4ccc(F)c(Cl)c4)c23)cc1OC. The number of likely N-dealkylation sites (tertiary alicyclic amines) is 1. The molecule has 10 heteroatoms. The second-order valence-electron chi connectivity index (χ2n) is 9.47. The van der Waals surface area contributed by atoms with Gasteiger partial charge in [0.1, 0.15) is 18.0 Å². The van der Waals surface area contributed by atoms with Gasteiger partial charge in [-0.3, -0.25) is 9.69 Å². The summed E-state index contributed by atoms with van der Waals surface area (Å²) in [6.45, 7) is 1.01. The number of rotatable bonds is 8. The van der Waals surface area contributed by atoms with Crippen LogP contribution < -0.4 is 20.1 Å². The number of likely N-dealkylation sites (N-methyl/N-ethyl adjacent to an activating group) is 1. The summed E-state index contributed by atoms with van der Waals surface area (Å²) in [6, 6.07) is 13.7. The quantitative estimate of drug-likeness (QED) is 0.239. The van der Waals surface area contributed by atoms with E-state index >= 15 is 0 Å². The number of ether oxygens (including phenoxy) is 2. The molecule has 8 nitrogen and oxygen atoms in total. The molecule has 206 valence electrons. The molecule has 0 aliphatic carbocycles. The summed E-state index contributed by atoms with van der Waals surface area (Å²) in [5, 5.41) is 6.91. The fourth-order valence-electron chi connectivity index (χ4n) is 4.91. The minimum atomic E-state index is -0.521. The molecule has 1 amide bonds. The summed E-state index contributed by atoms with van der Waals surface area (Å²) >= 11 is 6.03. The highest BCUT2D eigenvalue weighted by molar-refractivity contribution is 6.31. The highest BCUT2D eigenvalue weighted by Crippen LogP contribution is 2.42. The number of carbonyl (C=O) groups is 1. The van der Waals surface area contributed by atoms with E-state index in [1.54, 1.807) is 32.4 Å². The van der Waals surface area contributed by atoms with Gasteiger partial charge in [0.25, 0.3) is 0 Å². The zero-order chi connectivity index (χ0) is 28.2. The summed E-state index contributed by atoms with van der Waals surface area (Å²) < 4.78 is 24.8. The van der Waals surface area contributed by atoms with Crippen LogP contribution in [0.3, 0.4) is 0 Å². The van der Waals surface area contributed by atoms with Gasteiger partial charge in [-0.2, -0.15) is 0 Å². The van der Waals surface area contributed by atoms with Crippen LogP contribution in [0.25, 0.3) is 22.0 Å². The predicted octanol–water partition coefficient (Wildman–Crippen LogP) is 6.44.